The molecule has 4 rings (SSSR count). The van der Waals surface area contributed by atoms with Crippen LogP contribution in [0.3, 0.4) is 0 Å². The summed E-state index contributed by atoms with van der Waals surface area (Å²) in [7, 11) is 1.73. The number of para-hydroxylation sites is 2. The Balaban J connectivity index is 1.41. The molecule has 2 aromatic carbocycles. The number of fused-ring (bicyclic) bond motifs is 1. The van der Waals surface area contributed by atoms with Crippen molar-refractivity contribution in [2.24, 2.45) is 0 Å². The van der Waals surface area contributed by atoms with E-state index in [2.05, 4.69) is 28.9 Å². The number of rotatable bonds is 4. The number of hydrogen-bond donors (Lipinski definition) is 1. The van der Waals surface area contributed by atoms with Gasteiger partial charge in [0.2, 0.25) is 0 Å². The number of methoxy groups -OCH3 is 1. The minimum Gasteiger partial charge on any atom is -0.496 e. The van der Waals surface area contributed by atoms with Crippen LogP contribution < -0.4 is 9.47 Å². The van der Waals surface area contributed by atoms with Crippen LogP contribution in [0.5, 0.6) is 11.5 Å². The number of aliphatic hydroxyl groups is 1. The molecule has 1 saturated heterocycles. The minimum atomic E-state index is -0.492. The van der Waals surface area contributed by atoms with Gasteiger partial charge in [0.1, 0.15) is 24.2 Å². The lowest BCUT2D eigenvalue weighted by atomic mass is 9.97. The molecular weight excluding hydrogens is 340 g/mol. The van der Waals surface area contributed by atoms with Crippen molar-refractivity contribution in [3.05, 3.63) is 59.7 Å². The number of nitrogens with zero attached hydrogens (tertiary/aromatic N) is 2. The normalized spacial score (nSPS) is 24.7. The summed E-state index contributed by atoms with van der Waals surface area (Å²) in [6, 6.07) is 16.4. The number of aliphatic hydroxyl groups excluding tert-OH is 1. The average Bonchev–Trinajstić information content (AvgIpc) is 2.74. The third kappa shape index (κ3) is 3.55. The van der Waals surface area contributed by atoms with Crippen molar-refractivity contribution < 1.29 is 14.6 Å². The molecule has 27 heavy (non-hydrogen) atoms. The molecule has 5 nitrogen and oxygen atoms in total. The fraction of sp³-hybridized carbons (Fsp3) is 0.455. The van der Waals surface area contributed by atoms with Crippen LogP contribution in [-0.2, 0) is 0 Å². The van der Waals surface area contributed by atoms with Crippen LogP contribution in [-0.4, -0.2) is 60.8 Å². The van der Waals surface area contributed by atoms with Crippen molar-refractivity contribution in [2.75, 3.05) is 39.9 Å². The van der Waals surface area contributed by atoms with Gasteiger partial charge < -0.3 is 14.6 Å². The van der Waals surface area contributed by atoms with Gasteiger partial charge in [-0.2, -0.15) is 0 Å². The van der Waals surface area contributed by atoms with Gasteiger partial charge in [0.15, 0.2) is 0 Å². The Kier molecular flexibility index (Phi) is 5.34. The molecule has 0 saturated carbocycles. The summed E-state index contributed by atoms with van der Waals surface area (Å²) in [4.78, 5) is 4.85. The van der Waals surface area contributed by atoms with Crippen molar-refractivity contribution >= 4 is 0 Å². The summed E-state index contributed by atoms with van der Waals surface area (Å²) in [5.74, 6) is 1.75. The maximum atomic E-state index is 10.8. The molecule has 3 atom stereocenters. The SMILES string of the molecule is COc1ccccc1C(C)N1CCN(C2COc3ccccc3[C@@H]2O)CC1. The van der Waals surface area contributed by atoms with E-state index in [1.807, 2.05) is 36.4 Å². The second-order valence-corrected chi connectivity index (χ2v) is 7.35. The van der Waals surface area contributed by atoms with E-state index in [1.54, 1.807) is 7.11 Å². The molecular formula is C22H28N2O3. The molecule has 2 heterocycles. The predicted octanol–water partition coefficient (Wildman–Crippen LogP) is 2.87. The highest BCUT2D eigenvalue weighted by Gasteiger charge is 2.35. The molecule has 0 aliphatic carbocycles. The van der Waals surface area contributed by atoms with Crippen LogP contribution in [0.2, 0.25) is 0 Å². The Bertz CT molecular complexity index is 774. The van der Waals surface area contributed by atoms with Gasteiger partial charge in [-0.05, 0) is 19.1 Å². The van der Waals surface area contributed by atoms with Crippen LogP contribution in [0.25, 0.3) is 0 Å². The van der Waals surface area contributed by atoms with E-state index in [0.717, 1.165) is 43.2 Å². The lowest BCUT2D eigenvalue weighted by Crippen LogP contribution is -2.54. The van der Waals surface area contributed by atoms with Gasteiger partial charge in [0.25, 0.3) is 0 Å². The van der Waals surface area contributed by atoms with E-state index in [4.69, 9.17) is 9.47 Å². The second kappa shape index (κ2) is 7.89. The van der Waals surface area contributed by atoms with Crippen molar-refractivity contribution in [2.45, 2.75) is 25.1 Å². The lowest BCUT2D eigenvalue weighted by molar-refractivity contribution is -0.0224. The molecule has 1 N–H and O–H groups in total. The predicted molar refractivity (Wildman–Crippen MR) is 105 cm³/mol. The molecule has 2 unspecified atom stereocenters. The zero-order valence-electron chi connectivity index (χ0n) is 16.0. The van der Waals surface area contributed by atoms with Crippen LogP contribution in [0.4, 0.5) is 0 Å². The standard InChI is InChI=1S/C22H28N2O3/c1-16(17-7-3-5-9-20(17)26-2)23-11-13-24(14-12-23)19-15-27-21-10-6-4-8-18(21)22(19)25/h3-10,16,19,22,25H,11-15H2,1-2H3/t16?,19?,22-/m0/s1. The summed E-state index contributed by atoms with van der Waals surface area (Å²) >= 11 is 0. The second-order valence-electron chi connectivity index (χ2n) is 7.35. The van der Waals surface area contributed by atoms with Gasteiger partial charge in [0.05, 0.1) is 13.2 Å². The molecule has 0 spiro atoms. The largest absolute Gasteiger partial charge is 0.496 e. The molecule has 0 aromatic heterocycles. The van der Waals surface area contributed by atoms with Gasteiger partial charge in [-0.25, -0.2) is 0 Å². The molecule has 144 valence electrons. The van der Waals surface area contributed by atoms with Crippen LogP contribution >= 0.6 is 0 Å². The number of hydrogen-bond acceptors (Lipinski definition) is 5. The van der Waals surface area contributed by atoms with Crippen LogP contribution in [0.1, 0.15) is 30.2 Å². The maximum Gasteiger partial charge on any atom is 0.125 e. The zero-order valence-corrected chi connectivity index (χ0v) is 16.0. The summed E-state index contributed by atoms with van der Waals surface area (Å²) in [6.07, 6.45) is -0.492. The van der Waals surface area contributed by atoms with Crippen molar-refractivity contribution in [1.29, 1.82) is 0 Å². The maximum absolute atomic E-state index is 10.8. The first-order valence-corrected chi connectivity index (χ1v) is 9.70. The quantitative estimate of drug-likeness (QED) is 0.899. The van der Waals surface area contributed by atoms with E-state index in [9.17, 15) is 5.11 Å². The Morgan fingerprint density at radius 3 is 2.52 bits per heavy atom. The number of ether oxygens (including phenoxy) is 2. The highest BCUT2D eigenvalue weighted by molar-refractivity contribution is 5.38. The van der Waals surface area contributed by atoms with Crippen molar-refractivity contribution in [3.63, 3.8) is 0 Å². The van der Waals surface area contributed by atoms with E-state index in [-0.39, 0.29) is 6.04 Å². The Hall–Kier alpha value is -2.08. The fourth-order valence-corrected chi connectivity index (χ4v) is 4.30. The minimum absolute atomic E-state index is 0.0172. The lowest BCUT2D eigenvalue weighted by Gasteiger charge is -2.44. The van der Waals surface area contributed by atoms with E-state index in [1.165, 1.54) is 5.56 Å². The van der Waals surface area contributed by atoms with E-state index in [0.29, 0.717) is 12.6 Å². The molecule has 2 aliphatic rings. The number of piperazine rings is 1. The third-order valence-corrected chi connectivity index (χ3v) is 5.97. The Morgan fingerprint density at radius 1 is 1.04 bits per heavy atom. The highest BCUT2D eigenvalue weighted by atomic mass is 16.5. The monoisotopic (exact) mass is 368 g/mol. The Labute approximate surface area is 161 Å². The van der Waals surface area contributed by atoms with Crippen LogP contribution in [0.15, 0.2) is 48.5 Å². The molecule has 2 aliphatic heterocycles. The van der Waals surface area contributed by atoms with E-state index >= 15 is 0 Å². The van der Waals surface area contributed by atoms with Gasteiger partial charge in [0, 0.05) is 43.3 Å². The summed E-state index contributed by atoms with van der Waals surface area (Å²) in [5, 5.41) is 10.8. The summed E-state index contributed by atoms with van der Waals surface area (Å²) in [6.45, 7) is 6.55. The molecule has 0 bridgehead atoms. The van der Waals surface area contributed by atoms with Crippen molar-refractivity contribution in [1.82, 2.24) is 9.80 Å². The van der Waals surface area contributed by atoms with Crippen molar-refractivity contribution in [3.8, 4) is 11.5 Å². The summed E-state index contributed by atoms with van der Waals surface area (Å²) < 4.78 is 11.4. The first-order valence-electron chi connectivity index (χ1n) is 9.70. The topological polar surface area (TPSA) is 45.2 Å². The van der Waals surface area contributed by atoms with Gasteiger partial charge in [-0.15, -0.1) is 0 Å². The first-order chi connectivity index (χ1) is 13.2. The molecule has 0 amide bonds. The highest BCUT2D eigenvalue weighted by Crippen LogP contribution is 2.35. The average molecular weight is 368 g/mol. The third-order valence-electron chi connectivity index (χ3n) is 5.97. The van der Waals surface area contributed by atoms with Gasteiger partial charge >= 0.3 is 0 Å². The molecule has 1 fully saturated rings. The molecule has 5 heteroatoms. The smallest absolute Gasteiger partial charge is 0.125 e. The fourth-order valence-electron chi connectivity index (χ4n) is 4.30. The molecule has 2 aromatic rings. The first kappa shape index (κ1) is 18.3. The van der Waals surface area contributed by atoms with Gasteiger partial charge in [-0.3, -0.25) is 9.80 Å². The van der Waals surface area contributed by atoms with Crippen LogP contribution in [0, 0.1) is 0 Å². The zero-order chi connectivity index (χ0) is 18.8. The Morgan fingerprint density at radius 2 is 1.74 bits per heavy atom. The van der Waals surface area contributed by atoms with E-state index < -0.39 is 6.10 Å². The molecule has 0 radical (unpaired) electrons. The van der Waals surface area contributed by atoms with Gasteiger partial charge in [-0.1, -0.05) is 36.4 Å². The number of benzene rings is 2. The summed E-state index contributed by atoms with van der Waals surface area (Å²) in [5.41, 5.74) is 2.13.